The van der Waals surface area contributed by atoms with Crippen LogP contribution in [0.4, 0.5) is 0 Å². The van der Waals surface area contributed by atoms with Gasteiger partial charge in [0.1, 0.15) is 5.76 Å². The van der Waals surface area contributed by atoms with E-state index in [9.17, 15) is 4.79 Å². The molecule has 1 aromatic carbocycles. The third-order valence-electron chi connectivity index (χ3n) is 5.83. The molecule has 2 bridgehead atoms. The smallest absolute Gasteiger partial charge is 0.227 e. The van der Waals surface area contributed by atoms with Gasteiger partial charge in [-0.15, -0.1) is 11.3 Å². The predicted molar refractivity (Wildman–Crippen MR) is 106 cm³/mol. The Morgan fingerprint density at radius 1 is 1.35 bits per heavy atom. The van der Waals surface area contributed by atoms with Crippen LogP contribution in [-0.4, -0.2) is 15.7 Å². The van der Waals surface area contributed by atoms with Crippen LogP contribution >= 0.6 is 27.3 Å². The molecule has 3 atom stereocenters. The van der Waals surface area contributed by atoms with Gasteiger partial charge in [0, 0.05) is 4.83 Å². The van der Waals surface area contributed by atoms with E-state index < -0.39 is 0 Å². The van der Waals surface area contributed by atoms with Gasteiger partial charge in [-0.2, -0.15) is 0 Å². The topological polar surface area (TPSA) is 55.1 Å². The van der Waals surface area contributed by atoms with Crippen LogP contribution in [0.3, 0.4) is 0 Å². The summed E-state index contributed by atoms with van der Waals surface area (Å²) in [7, 11) is 0. The van der Waals surface area contributed by atoms with E-state index >= 15 is 0 Å². The molecule has 4 nitrogen and oxygen atoms in total. The second kappa shape index (κ2) is 6.20. The van der Waals surface area contributed by atoms with Crippen molar-refractivity contribution in [3.63, 3.8) is 0 Å². The first-order valence-electron chi connectivity index (χ1n) is 9.01. The molecule has 6 heteroatoms. The zero-order valence-corrected chi connectivity index (χ0v) is 16.6. The summed E-state index contributed by atoms with van der Waals surface area (Å²) in [6.45, 7) is 0.426. The molecule has 3 aromatic rings. The fourth-order valence-electron chi connectivity index (χ4n) is 4.44. The minimum absolute atomic E-state index is 0.164. The highest BCUT2D eigenvalue weighted by molar-refractivity contribution is 9.09. The Morgan fingerprint density at radius 3 is 3.00 bits per heavy atom. The van der Waals surface area contributed by atoms with E-state index in [1.165, 1.54) is 6.42 Å². The van der Waals surface area contributed by atoms with Crippen LogP contribution in [0.15, 0.2) is 40.8 Å². The van der Waals surface area contributed by atoms with Gasteiger partial charge in [-0.1, -0.05) is 28.1 Å². The van der Waals surface area contributed by atoms with Crippen molar-refractivity contribution in [3.8, 4) is 10.8 Å². The highest BCUT2D eigenvalue weighted by Crippen LogP contribution is 2.57. The molecule has 1 amide bonds. The molecular formula is C20H19BrN2O2S. The number of thiazole rings is 1. The lowest BCUT2D eigenvalue weighted by Crippen LogP contribution is -2.43. The quantitative estimate of drug-likeness (QED) is 0.583. The van der Waals surface area contributed by atoms with Gasteiger partial charge >= 0.3 is 0 Å². The molecule has 134 valence electrons. The van der Waals surface area contributed by atoms with Crippen molar-refractivity contribution < 1.29 is 9.21 Å². The van der Waals surface area contributed by atoms with Crippen LogP contribution in [-0.2, 0) is 11.3 Å². The van der Waals surface area contributed by atoms with Crippen molar-refractivity contribution in [1.82, 2.24) is 10.3 Å². The van der Waals surface area contributed by atoms with E-state index in [2.05, 4.69) is 32.3 Å². The van der Waals surface area contributed by atoms with Gasteiger partial charge in [0.2, 0.25) is 5.91 Å². The maximum Gasteiger partial charge on any atom is 0.227 e. The Labute approximate surface area is 164 Å². The fourth-order valence-corrected chi connectivity index (χ4v) is 6.52. The Morgan fingerprint density at radius 2 is 2.23 bits per heavy atom. The zero-order chi connectivity index (χ0) is 17.7. The average molecular weight is 431 g/mol. The number of carbonyl (C=O) groups is 1. The summed E-state index contributed by atoms with van der Waals surface area (Å²) < 4.78 is 7.08. The molecule has 2 aliphatic rings. The number of amides is 1. The van der Waals surface area contributed by atoms with Crippen LogP contribution in [0.25, 0.3) is 21.0 Å². The van der Waals surface area contributed by atoms with Crippen LogP contribution in [0, 0.1) is 11.3 Å². The fraction of sp³-hybridized carbons (Fsp3) is 0.400. The molecule has 26 heavy (non-hydrogen) atoms. The van der Waals surface area contributed by atoms with Crippen molar-refractivity contribution in [2.24, 2.45) is 11.3 Å². The number of hydrogen-bond donors (Lipinski definition) is 1. The summed E-state index contributed by atoms with van der Waals surface area (Å²) in [6.07, 6.45) is 4.31. The van der Waals surface area contributed by atoms with Crippen LogP contribution in [0.5, 0.6) is 0 Å². The third-order valence-corrected chi connectivity index (χ3v) is 8.13. The summed E-state index contributed by atoms with van der Waals surface area (Å²) in [5.41, 5.74) is 0.769. The van der Waals surface area contributed by atoms with Crippen LogP contribution in [0.2, 0.25) is 0 Å². The summed E-state index contributed by atoms with van der Waals surface area (Å²) in [5.74, 6) is 2.40. The predicted octanol–water partition coefficient (Wildman–Crippen LogP) is 5.13. The number of alkyl halides is 1. The van der Waals surface area contributed by atoms with E-state index in [1.807, 2.05) is 30.3 Å². The molecule has 2 aliphatic carbocycles. The van der Waals surface area contributed by atoms with E-state index in [1.54, 1.807) is 11.3 Å². The molecule has 5 rings (SSSR count). The summed E-state index contributed by atoms with van der Waals surface area (Å²) in [6, 6.07) is 11.9. The van der Waals surface area contributed by atoms with Gasteiger partial charge in [-0.05, 0) is 55.9 Å². The summed E-state index contributed by atoms with van der Waals surface area (Å²) in [5, 5.41) is 3.97. The van der Waals surface area contributed by atoms with Crippen LogP contribution < -0.4 is 5.32 Å². The molecule has 0 unspecified atom stereocenters. The number of carbonyl (C=O) groups excluding carboxylic acids is 1. The minimum Gasteiger partial charge on any atom is -0.457 e. The number of aromatic nitrogens is 1. The molecular weight excluding hydrogens is 412 g/mol. The normalized spacial score (nSPS) is 27.3. The lowest BCUT2D eigenvalue weighted by atomic mass is 9.83. The molecule has 2 fully saturated rings. The molecule has 2 saturated carbocycles. The largest absolute Gasteiger partial charge is 0.457 e. The zero-order valence-electron chi connectivity index (χ0n) is 14.2. The highest BCUT2D eigenvalue weighted by Gasteiger charge is 2.55. The van der Waals surface area contributed by atoms with E-state index in [-0.39, 0.29) is 11.3 Å². The Hall–Kier alpha value is -1.66. The number of rotatable bonds is 4. The van der Waals surface area contributed by atoms with Crippen LogP contribution in [0.1, 0.15) is 31.4 Å². The second-order valence-corrected chi connectivity index (χ2v) is 9.54. The lowest BCUT2D eigenvalue weighted by Gasteiger charge is -2.29. The van der Waals surface area contributed by atoms with Crippen molar-refractivity contribution >= 4 is 43.4 Å². The third kappa shape index (κ3) is 2.62. The maximum atomic E-state index is 12.8. The van der Waals surface area contributed by atoms with E-state index in [0.29, 0.717) is 17.3 Å². The molecule has 0 spiro atoms. The minimum atomic E-state index is -0.215. The number of halogens is 1. The molecule has 2 aromatic heterocycles. The van der Waals surface area contributed by atoms with Crippen molar-refractivity contribution in [1.29, 1.82) is 0 Å². The molecule has 2 heterocycles. The summed E-state index contributed by atoms with van der Waals surface area (Å²) >= 11 is 5.36. The maximum absolute atomic E-state index is 12.8. The second-order valence-electron chi connectivity index (χ2n) is 7.40. The van der Waals surface area contributed by atoms with Crippen molar-refractivity contribution in [2.45, 2.75) is 37.1 Å². The first-order valence-corrected chi connectivity index (χ1v) is 10.7. The van der Waals surface area contributed by atoms with Gasteiger partial charge in [0.05, 0.1) is 22.2 Å². The SMILES string of the molecule is O=C(NCc1ccc(-c2nc3ccccc3s2)o1)[C@@]12CC[C@@H](C[C@@H]1Br)C2. The van der Waals surface area contributed by atoms with Gasteiger partial charge in [-0.3, -0.25) is 4.79 Å². The van der Waals surface area contributed by atoms with Crippen molar-refractivity contribution in [3.05, 3.63) is 42.2 Å². The number of nitrogens with one attached hydrogen (secondary N) is 1. The first-order chi connectivity index (χ1) is 12.6. The van der Waals surface area contributed by atoms with Crippen molar-refractivity contribution in [2.75, 3.05) is 0 Å². The number of nitrogens with zero attached hydrogens (tertiary/aromatic N) is 1. The standard InChI is InChI=1S/C20H19BrN2O2S/c21-17-9-12-7-8-20(17,10-12)19(24)22-11-13-5-6-15(25-13)18-23-14-3-1-2-4-16(14)26-18/h1-6,12,17H,7-11H2,(H,22,24)/t12-,17-,20+/m0/s1. The van der Waals surface area contributed by atoms with Gasteiger partial charge < -0.3 is 9.73 Å². The molecule has 0 saturated heterocycles. The van der Waals surface area contributed by atoms with Gasteiger partial charge in [0.15, 0.2) is 10.8 Å². The molecule has 1 N–H and O–H groups in total. The van der Waals surface area contributed by atoms with Gasteiger partial charge in [-0.25, -0.2) is 4.98 Å². The van der Waals surface area contributed by atoms with Gasteiger partial charge in [0.25, 0.3) is 0 Å². The number of fused-ring (bicyclic) bond motifs is 3. The Balaban J connectivity index is 1.29. The van der Waals surface area contributed by atoms with E-state index in [4.69, 9.17) is 4.42 Å². The molecule has 0 radical (unpaired) electrons. The Bertz CT molecular complexity index is 948. The molecule has 0 aliphatic heterocycles. The number of furan rings is 1. The number of hydrogen-bond acceptors (Lipinski definition) is 4. The number of para-hydroxylation sites is 1. The lowest BCUT2D eigenvalue weighted by molar-refractivity contribution is -0.130. The number of benzene rings is 1. The Kier molecular flexibility index (Phi) is 3.94. The highest BCUT2D eigenvalue weighted by atomic mass is 79.9. The average Bonchev–Trinajstić information content (AvgIpc) is 3.40. The monoisotopic (exact) mass is 430 g/mol. The van der Waals surface area contributed by atoms with E-state index in [0.717, 1.165) is 46.0 Å². The summed E-state index contributed by atoms with van der Waals surface area (Å²) in [4.78, 5) is 17.7. The first kappa shape index (κ1) is 16.5.